The van der Waals surface area contributed by atoms with E-state index in [4.69, 9.17) is 21.5 Å². The van der Waals surface area contributed by atoms with Crippen LogP contribution in [0.1, 0.15) is 0 Å². The second-order valence-electron chi connectivity index (χ2n) is 4.46. The molecule has 0 radical (unpaired) electrons. The number of rotatable bonds is 2. The number of ether oxygens (including phenoxy) is 1. The molecule has 0 aliphatic rings. The molecule has 0 bridgehead atoms. The molecule has 6 nitrogen and oxygen atoms in total. The topological polar surface area (TPSA) is 88.6 Å². The highest BCUT2D eigenvalue weighted by molar-refractivity contribution is 6.36. The molecular formula is C14H10ClN2O4-. The van der Waals surface area contributed by atoms with Gasteiger partial charge in [-0.25, -0.2) is 0 Å². The van der Waals surface area contributed by atoms with E-state index in [0.717, 1.165) is 0 Å². The molecule has 2 N–H and O–H groups in total. The molecule has 0 unspecified atom stereocenters. The van der Waals surface area contributed by atoms with Crippen LogP contribution < -0.4 is 15.4 Å². The summed E-state index contributed by atoms with van der Waals surface area (Å²) in [4.78, 5) is 15.5. The van der Waals surface area contributed by atoms with Crippen molar-refractivity contribution in [1.82, 2.24) is 4.98 Å². The molecule has 1 heterocycles. The van der Waals surface area contributed by atoms with E-state index in [1.165, 1.54) is 19.2 Å². The van der Waals surface area contributed by atoms with Crippen LogP contribution in [0.4, 0.5) is 5.69 Å². The summed E-state index contributed by atoms with van der Waals surface area (Å²) in [5.41, 5.74) is 0.275. The highest BCUT2D eigenvalue weighted by Crippen LogP contribution is 2.30. The molecule has 2 aromatic carbocycles. The average molecular weight is 306 g/mol. The Morgan fingerprint density at radius 3 is 2.76 bits per heavy atom. The van der Waals surface area contributed by atoms with Crippen molar-refractivity contribution in [2.75, 3.05) is 12.3 Å². The van der Waals surface area contributed by atoms with Gasteiger partial charge in [0.05, 0.1) is 34.2 Å². The van der Waals surface area contributed by atoms with Gasteiger partial charge in [-0.15, -0.1) is 0 Å². The first kappa shape index (κ1) is 13.7. The Labute approximate surface area is 123 Å². The summed E-state index contributed by atoms with van der Waals surface area (Å²) in [7, 11) is 1.50. The second-order valence-corrected chi connectivity index (χ2v) is 4.86. The maximum atomic E-state index is 12.6. The van der Waals surface area contributed by atoms with Crippen LogP contribution >= 0.6 is 11.6 Å². The minimum absolute atomic E-state index is 0.0794. The molecule has 0 spiro atoms. The van der Waals surface area contributed by atoms with E-state index in [-0.39, 0.29) is 32.3 Å². The van der Waals surface area contributed by atoms with E-state index in [0.29, 0.717) is 16.7 Å². The van der Waals surface area contributed by atoms with Gasteiger partial charge in [0.25, 0.3) is 0 Å². The third-order valence-electron chi connectivity index (χ3n) is 3.30. The zero-order chi connectivity index (χ0) is 15.1. The van der Waals surface area contributed by atoms with Gasteiger partial charge in [0.1, 0.15) is 5.75 Å². The van der Waals surface area contributed by atoms with Crippen molar-refractivity contribution in [2.45, 2.75) is 0 Å². The highest BCUT2D eigenvalue weighted by Gasteiger charge is 2.13. The number of anilines is 1. The second kappa shape index (κ2) is 4.92. The van der Waals surface area contributed by atoms with Crippen molar-refractivity contribution < 1.29 is 9.94 Å². The Morgan fingerprint density at radius 1 is 1.33 bits per heavy atom. The third-order valence-corrected chi connectivity index (χ3v) is 3.61. The van der Waals surface area contributed by atoms with Gasteiger partial charge in [0.15, 0.2) is 5.43 Å². The lowest BCUT2D eigenvalue weighted by molar-refractivity contribution is 0.297. The molecule has 3 rings (SSSR count). The molecule has 3 aromatic rings. The van der Waals surface area contributed by atoms with Crippen LogP contribution in [0.3, 0.4) is 0 Å². The largest absolute Gasteiger partial charge is 0.733 e. The Kier molecular flexibility index (Phi) is 3.21. The van der Waals surface area contributed by atoms with Crippen LogP contribution in [-0.2, 0) is 0 Å². The average Bonchev–Trinajstić information content (AvgIpc) is 2.46. The zero-order valence-electron chi connectivity index (χ0n) is 10.9. The van der Waals surface area contributed by atoms with Crippen LogP contribution in [0.15, 0.2) is 35.1 Å². The Balaban J connectivity index is 2.52. The van der Waals surface area contributed by atoms with Gasteiger partial charge in [-0.05, 0) is 30.3 Å². The molecule has 0 saturated carbocycles. The van der Waals surface area contributed by atoms with Gasteiger partial charge in [-0.3, -0.25) is 10.0 Å². The normalized spacial score (nSPS) is 11.0. The maximum Gasteiger partial charge on any atom is 0.198 e. The number of nitrogens with one attached hydrogen (secondary N) is 1. The number of halogens is 1. The summed E-state index contributed by atoms with van der Waals surface area (Å²) < 4.78 is 5.10. The van der Waals surface area contributed by atoms with E-state index in [2.05, 4.69) is 4.98 Å². The fraction of sp³-hybridized carbons (Fsp3) is 0.0714. The van der Waals surface area contributed by atoms with E-state index in [9.17, 15) is 10.0 Å². The number of hydrogen-bond donors (Lipinski definition) is 2. The standard InChI is InChI=1S/C14H10ClN2O4/c1-21-7-2-4-10-8(6-7)14(18)12-9(15)3-5-11(17(19)20)13(12)16-10/h2-6,19H,1H3,(H,16,18)/q-1. The third kappa shape index (κ3) is 2.09. The molecule has 0 aliphatic heterocycles. The summed E-state index contributed by atoms with van der Waals surface area (Å²) in [6.45, 7) is 0. The number of fused-ring (bicyclic) bond motifs is 2. The summed E-state index contributed by atoms with van der Waals surface area (Å²) in [5.74, 6) is 0.534. The van der Waals surface area contributed by atoms with Crippen LogP contribution in [0, 0.1) is 5.21 Å². The quantitative estimate of drug-likeness (QED) is 0.561. The molecule has 0 atom stereocenters. The lowest BCUT2D eigenvalue weighted by Gasteiger charge is -2.23. The minimum Gasteiger partial charge on any atom is -0.733 e. The van der Waals surface area contributed by atoms with Crippen molar-refractivity contribution >= 4 is 39.1 Å². The SMILES string of the molecule is COc1ccc2[nH]c3c(N([O-])O)ccc(Cl)c3c(=O)c2c1. The van der Waals surface area contributed by atoms with Gasteiger partial charge in [-0.2, -0.15) is 0 Å². The van der Waals surface area contributed by atoms with Gasteiger partial charge < -0.3 is 20.2 Å². The van der Waals surface area contributed by atoms with E-state index < -0.39 is 0 Å². The smallest absolute Gasteiger partial charge is 0.198 e. The summed E-state index contributed by atoms with van der Waals surface area (Å²) in [6, 6.07) is 7.66. The fourth-order valence-electron chi connectivity index (χ4n) is 2.29. The van der Waals surface area contributed by atoms with Crippen molar-refractivity contribution in [3.63, 3.8) is 0 Å². The molecule has 1 aromatic heterocycles. The number of pyridine rings is 1. The van der Waals surface area contributed by atoms with Crippen LogP contribution in [0.25, 0.3) is 21.8 Å². The minimum atomic E-state index is -0.341. The highest BCUT2D eigenvalue weighted by atomic mass is 35.5. The molecule has 108 valence electrons. The van der Waals surface area contributed by atoms with Gasteiger partial charge in [0.2, 0.25) is 0 Å². The van der Waals surface area contributed by atoms with E-state index in [1.807, 2.05) is 0 Å². The van der Waals surface area contributed by atoms with E-state index >= 15 is 0 Å². The lowest BCUT2D eigenvalue weighted by Crippen LogP contribution is -2.11. The van der Waals surface area contributed by atoms with Crippen molar-refractivity contribution in [3.8, 4) is 5.75 Å². The number of benzene rings is 2. The van der Waals surface area contributed by atoms with Crippen molar-refractivity contribution in [3.05, 3.63) is 50.8 Å². The number of nitrogens with zero attached hydrogens (tertiary/aromatic N) is 1. The van der Waals surface area contributed by atoms with Gasteiger partial charge in [-0.1, -0.05) is 11.6 Å². The molecule has 0 fully saturated rings. The van der Waals surface area contributed by atoms with Crippen LogP contribution in [0.5, 0.6) is 5.75 Å². The number of methoxy groups -OCH3 is 1. The molecule has 0 amide bonds. The predicted molar refractivity (Wildman–Crippen MR) is 81.3 cm³/mol. The summed E-state index contributed by atoms with van der Waals surface area (Å²) in [5, 5.41) is 20.8. The number of aromatic nitrogens is 1. The first-order chi connectivity index (χ1) is 10.0. The molecule has 0 saturated heterocycles. The van der Waals surface area contributed by atoms with Gasteiger partial charge in [0, 0.05) is 5.39 Å². The van der Waals surface area contributed by atoms with E-state index in [1.54, 1.807) is 18.2 Å². The number of H-pyrrole nitrogens is 1. The molecule has 0 aliphatic carbocycles. The van der Waals surface area contributed by atoms with Crippen molar-refractivity contribution in [1.29, 1.82) is 0 Å². The first-order valence-electron chi connectivity index (χ1n) is 6.01. The predicted octanol–water partition coefficient (Wildman–Crippen LogP) is 3.04. The molecule has 7 heteroatoms. The molecule has 21 heavy (non-hydrogen) atoms. The maximum absolute atomic E-state index is 12.6. The number of hydrogen-bond acceptors (Lipinski definition) is 5. The molecular weight excluding hydrogens is 296 g/mol. The summed E-state index contributed by atoms with van der Waals surface area (Å²) >= 11 is 6.06. The fourth-order valence-corrected chi connectivity index (χ4v) is 2.53. The summed E-state index contributed by atoms with van der Waals surface area (Å²) in [6.07, 6.45) is 0. The Hall–Kier alpha value is -2.28. The Bertz CT molecular complexity index is 905. The van der Waals surface area contributed by atoms with Crippen LogP contribution in [-0.4, -0.2) is 17.3 Å². The first-order valence-corrected chi connectivity index (χ1v) is 6.39. The lowest BCUT2D eigenvalue weighted by atomic mass is 10.1. The Morgan fingerprint density at radius 2 is 2.10 bits per heavy atom. The van der Waals surface area contributed by atoms with Gasteiger partial charge >= 0.3 is 0 Å². The zero-order valence-corrected chi connectivity index (χ0v) is 11.6. The van der Waals surface area contributed by atoms with Crippen LogP contribution in [0.2, 0.25) is 5.02 Å². The van der Waals surface area contributed by atoms with Crippen molar-refractivity contribution in [2.24, 2.45) is 0 Å². The number of aromatic amines is 1. The monoisotopic (exact) mass is 305 g/mol.